The van der Waals surface area contributed by atoms with E-state index in [1.54, 1.807) is 0 Å². The highest BCUT2D eigenvalue weighted by molar-refractivity contribution is 5.85. The Bertz CT molecular complexity index is 936. The van der Waals surface area contributed by atoms with Crippen molar-refractivity contribution in [2.24, 2.45) is 0 Å². The van der Waals surface area contributed by atoms with E-state index >= 15 is 0 Å². The number of rotatable bonds is 4. The smallest absolute Gasteiger partial charge is 0.297 e. The summed E-state index contributed by atoms with van der Waals surface area (Å²) in [5.41, 5.74) is 2.25. The van der Waals surface area contributed by atoms with Crippen LogP contribution in [0.4, 0.5) is 0 Å². The lowest BCUT2D eigenvalue weighted by Crippen LogP contribution is -2.44. The maximum absolute atomic E-state index is 5.48. The number of para-hydroxylation sites is 1. The Balaban J connectivity index is 0.00000225. The first-order chi connectivity index (χ1) is 13.0. The second-order valence-electron chi connectivity index (χ2n) is 7.27. The number of piperazine rings is 1. The molecule has 8 nitrogen and oxygen atoms in total. The number of hydrogen-bond acceptors (Lipinski definition) is 7. The number of nitrogens with one attached hydrogen (secondary N) is 1. The molecule has 0 aliphatic carbocycles. The van der Waals surface area contributed by atoms with E-state index < -0.39 is 0 Å². The second-order valence-corrected chi connectivity index (χ2v) is 7.27. The summed E-state index contributed by atoms with van der Waals surface area (Å²) in [6.07, 6.45) is 0. The van der Waals surface area contributed by atoms with Gasteiger partial charge >= 0.3 is 0 Å². The van der Waals surface area contributed by atoms with Crippen molar-refractivity contribution in [3.05, 3.63) is 41.5 Å². The number of hydrogen-bond donors (Lipinski definition) is 1. The SMILES string of the molecule is Cc1nc(-c2nc(C3CNCCN3C)no2)nn1-c1ccccc1C(C)C.Cl. The van der Waals surface area contributed by atoms with Crippen LogP contribution in [0.2, 0.25) is 0 Å². The van der Waals surface area contributed by atoms with Crippen LogP contribution in [0, 0.1) is 6.92 Å². The van der Waals surface area contributed by atoms with E-state index in [2.05, 4.69) is 63.5 Å². The minimum atomic E-state index is 0. The van der Waals surface area contributed by atoms with Gasteiger partial charge in [0.05, 0.1) is 11.7 Å². The van der Waals surface area contributed by atoms with Crippen LogP contribution in [0.15, 0.2) is 28.8 Å². The van der Waals surface area contributed by atoms with Gasteiger partial charge in [-0.1, -0.05) is 37.2 Å². The third kappa shape index (κ3) is 3.80. The van der Waals surface area contributed by atoms with Crippen LogP contribution in [-0.2, 0) is 0 Å². The summed E-state index contributed by atoms with van der Waals surface area (Å²) < 4.78 is 7.33. The summed E-state index contributed by atoms with van der Waals surface area (Å²) in [5.74, 6) is 2.65. The molecule has 4 rings (SSSR count). The molecule has 1 aliphatic rings. The summed E-state index contributed by atoms with van der Waals surface area (Å²) in [5, 5.41) is 12.2. The number of aromatic nitrogens is 5. The lowest BCUT2D eigenvalue weighted by atomic mass is 10.0. The van der Waals surface area contributed by atoms with Gasteiger partial charge in [-0.05, 0) is 31.5 Å². The molecule has 0 saturated carbocycles. The van der Waals surface area contributed by atoms with Crippen molar-refractivity contribution in [3.63, 3.8) is 0 Å². The molecule has 2 aromatic heterocycles. The van der Waals surface area contributed by atoms with Gasteiger partial charge in [-0.2, -0.15) is 4.98 Å². The predicted molar refractivity (Wildman–Crippen MR) is 109 cm³/mol. The summed E-state index contributed by atoms with van der Waals surface area (Å²) in [7, 11) is 2.07. The van der Waals surface area contributed by atoms with Crippen LogP contribution in [-0.4, -0.2) is 56.5 Å². The molecule has 150 valence electrons. The molecule has 1 aromatic carbocycles. The topological polar surface area (TPSA) is 84.9 Å². The monoisotopic (exact) mass is 403 g/mol. The van der Waals surface area contributed by atoms with Crippen molar-refractivity contribution in [2.45, 2.75) is 32.7 Å². The van der Waals surface area contributed by atoms with E-state index in [4.69, 9.17) is 4.52 Å². The van der Waals surface area contributed by atoms with Crippen molar-refractivity contribution in [3.8, 4) is 17.4 Å². The van der Waals surface area contributed by atoms with Crippen LogP contribution in [0.1, 0.15) is 43.0 Å². The number of benzene rings is 1. The molecule has 9 heteroatoms. The molecule has 1 unspecified atom stereocenters. The van der Waals surface area contributed by atoms with Crippen molar-refractivity contribution >= 4 is 12.4 Å². The molecule has 0 amide bonds. The van der Waals surface area contributed by atoms with E-state index in [1.807, 2.05) is 23.7 Å². The van der Waals surface area contributed by atoms with Gasteiger partial charge in [0.2, 0.25) is 5.82 Å². The summed E-state index contributed by atoms with van der Waals surface area (Å²) in [6.45, 7) is 9.00. The minimum absolute atomic E-state index is 0. The van der Waals surface area contributed by atoms with Gasteiger partial charge in [0, 0.05) is 19.6 Å². The zero-order valence-electron chi connectivity index (χ0n) is 16.6. The van der Waals surface area contributed by atoms with E-state index in [-0.39, 0.29) is 18.4 Å². The fraction of sp³-hybridized carbons (Fsp3) is 0.474. The van der Waals surface area contributed by atoms with Crippen LogP contribution in [0.25, 0.3) is 17.4 Å². The fourth-order valence-corrected chi connectivity index (χ4v) is 3.43. The van der Waals surface area contributed by atoms with Crippen LogP contribution >= 0.6 is 12.4 Å². The zero-order chi connectivity index (χ0) is 19.0. The number of halogens is 1. The Hall–Kier alpha value is -2.29. The standard InChI is InChI=1S/C19H25N7O.ClH/c1-12(2)14-7-5-6-8-15(14)26-13(3)21-18(23-26)19-22-17(24-27-19)16-11-20-9-10-25(16)4;/h5-8,12,16,20H,9-11H2,1-4H3;1H. The average molecular weight is 404 g/mol. The molecule has 0 radical (unpaired) electrons. The molecular formula is C19H26ClN7O. The molecule has 1 aliphatic heterocycles. The number of aryl methyl sites for hydroxylation is 1. The van der Waals surface area contributed by atoms with Crippen molar-refractivity contribution in [1.82, 2.24) is 35.1 Å². The van der Waals surface area contributed by atoms with Crippen LogP contribution in [0.3, 0.4) is 0 Å². The van der Waals surface area contributed by atoms with Crippen molar-refractivity contribution < 1.29 is 4.52 Å². The summed E-state index contributed by atoms with van der Waals surface area (Å²) in [4.78, 5) is 11.3. The fourth-order valence-electron chi connectivity index (χ4n) is 3.43. The zero-order valence-corrected chi connectivity index (χ0v) is 17.4. The molecular weight excluding hydrogens is 378 g/mol. The highest BCUT2D eigenvalue weighted by Crippen LogP contribution is 2.25. The van der Waals surface area contributed by atoms with Gasteiger partial charge in [0.25, 0.3) is 5.89 Å². The first-order valence-electron chi connectivity index (χ1n) is 9.32. The molecule has 1 fully saturated rings. The normalized spacial score (nSPS) is 17.7. The molecule has 0 bridgehead atoms. The highest BCUT2D eigenvalue weighted by Gasteiger charge is 2.26. The number of likely N-dealkylation sites (N-methyl/N-ethyl adjacent to an activating group) is 1. The summed E-state index contributed by atoms with van der Waals surface area (Å²) >= 11 is 0. The Morgan fingerprint density at radius 3 is 2.75 bits per heavy atom. The van der Waals surface area contributed by atoms with Crippen molar-refractivity contribution in [1.29, 1.82) is 0 Å². The van der Waals surface area contributed by atoms with E-state index in [1.165, 1.54) is 5.56 Å². The van der Waals surface area contributed by atoms with E-state index in [9.17, 15) is 0 Å². The Morgan fingerprint density at radius 2 is 2.00 bits per heavy atom. The van der Waals surface area contributed by atoms with Crippen molar-refractivity contribution in [2.75, 3.05) is 26.7 Å². The molecule has 1 atom stereocenters. The van der Waals surface area contributed by atoms with Gasteiger partial charge < -0.3 is 9.84 Å². The maximum Gasteiger partial charge on any atom is 0.297 e. The Morgan fingerprint density at radius 1 is 1.21 bits per heavy atom. The Kier molecular flexibility index (Phi) is 6.12. The number of nitrogens with zero attached hydrogens (tertiary/aromatic N) is 6. The largest absolute Gasteiger partial charge is 0.330 e. The molecule has 1 N–H and O–H groups in total. The van der Waals surface area contributed by atoms with Gasteiger partial charge in [0.1, 0.15) is 5.82 Å². The van der Waals surface area contributed by atoms with Gasteiger partial charge in [0.15, 0.2) is 5.82 Å². The van der Waals surface area contributed by atoms with Crippen LogP contribution < -0.4 is 5.32 Å². The first-order valence-corrected chi connectivity index (χ1v) is 9.32. The quantitative estimate of drug-likeness (QED) is 0.716. The predicted octanol–water partition coefficient (Wildman–Crippen LogP) is 2.75. The molecule has 1 saturated heterocycles. The average Bonchev–Trinajstić information content (AvgIpc) is 3.29. The maximum atomic E-state index is 5.48. The minimum Gasteiger partial charge on any atom is -0.330 e. The summed E-state index contributed by atoms with van der Waals surface area (Å²) in [6, 6.07) is 8.34. The lowest BCUT2D eigenvalue weighted by molar-refractivity contribution is 0.190. The lowest BCUT2D eigenvalue weighted by Gasteiger charge is -2.30. The van der Waals surface area contributed by atoms with E-state index in [0.717, 1.165) is 31.1 Å². The van der Waals surface area contributed by atoms with Crippen LogP contribution in [0.5, 0.6) is 0 Å². The highest BCUT2D eigenvalue weighted by atomic mass is 35.5. The Labute approximate surface area is 170 Å². The van der Waals surface area contributed by atoms with Gasteiger partial charge in [-0.25, -0.2) is 9.67 Å². The van der Waals surface area contributed by atoms with Gasteiger partial charge in [-0.3, -0.25) is 4.90 Å². The third-order valence-electron chi connectivity index (χ3n) is 5.00. The molecule has 3 aromatic rings. The molecule has 0 spiro atoms. The third-order valence-corrected chi connectivity index (χ3v) is 5.00. The van der Waals surface area contributed by atoms with E-state index in [0.29, 0.717) is 23.5 Å². The first kappa shape index (κ1) is 20.4. The second kappa shape index (κ2) is 8.38. The molecule has 28 heavy (non-hydrogen) atoms. The molecule has 3 heterocycles. The van der Waals surface area contributed by atoms with Gasteiger partial charge in [-0.15, -0.1) is 17.5 Å².